The quantitative estimate of drug-likeness (QED) is 0.940. The van der Waals surface area contributed by atoms with Crippen LogP contribution in [0.3, 0.4) is 0 Å². The van der Waals surface area contributed by atoms with Gasteiger partial charge in [-0.15, -0.1) is 0 Å². The number of hydrogen-bond donors (Lipinski definition) is 1. The van der Waals surface area contributed by atoms with Crippen molar-refractivity contribution < 1.29 is 4.79 Å². The molecular formula is C16H20N4O. The zero-order valence-corrected chi connectivity index (χ0v) is 12.6. The van der Waals surface area contributed by atoms with E-state index in [2.05, 4.69) is 15.3 Å². The van der Waals surface area contributed by atoms with Gasteiger partial charge in [0.15, 0.2) is 0 Å². The number of carbonyl (C=O) groups is 1. The molecule has 1 aliphatic heterocycles. The number of aryl methyl sites for hydroxylation is 1. The first kappa shape index (κ1) is 13.8. The molecule has 1 aliphatic rings. The lowest BCUT2D eigenvalue weighted by Gasteiger charge is -2.21. The van der Waals surface area contributed by atoms with E-state index in [1.165, 1.54) is 0 Å². The minimum Gasteiger partial charge on any atom is -0.357 e. The summed E-state index contributed by atoms with van der Waals surface area (Å²) in [5.41, 5.74) is 2.54. The van der Waals surface area contributed by atoms with Crippen molar-refractivity contribution in [2.45, 2.75) is 39.3 Å². The molecule has 5 nitrogen and oxygen atoms in total. The Kier molecular flexibility index (Phi) is 3.49. The van der Waals surface area contributed by atoms with Crippen molar-refractivity contribution in [1.82, 2.24) is 14.9 Å². The lowest BCUT2D eigenvalue weighted by molar-refractivity contribution is -0.129. The number of para-hydroxylation sites is 2. The molecule has 3 rings (SSSR count). The number of anilines is 1. The van der Waals surface area contributed by atoms with E-state index in [-0.39, 0.29) is 18.0 Å². The highest BCUT2D eigenvalue weighted by atomic mass is 16.2. The summed E-state index contributed by atoms with van der Waals surface area (Å²) in [6.07, 6.45) is 0.810. The van der Waals surface area contributed by atoms with Gasteiger partial charge >= 0.3 is 0 Å². The zero-order valence-electron chi connectivity index (χ0n) is 12.6. The molecule has 110 valence electrons. The third-order valence-corrected chi connectivity index (χ3v) is 3.92. The largest absolute Gasteiger partial charge is 0.357 e. The highest BCUT2D eigenvalue weighted by Gasteiger charge is 2.33. The Morgan fingerprint density at radius 1 is 1.24 bits per heavy atom. The van der Waals surface area contributed by atoms with Crippen molar-refractivity contribution >= 4 is 22.8 Å². The Morgan fingerprint density at radius 2 is 1.90 bits per heavy atom. The molecule has 1 aromatic carbocycles. The molecule has 0 bridgehead atoms. The molecule has 21 heavy (non-hydrogen) atoms. The van der Waals surface area contributed by atoms with Crippen LogP contribution < -0.4 is 5.32 Å². The number of aromatic nitrogens is 2. The first-order valence-corrected chi connectivity index (χ1v) is 7.36. The standard InChI is InChI=1S/C16H20N4O/c1-10(2)20-9-8-14(16(20)21)19-15-11(3)17-12-6-4-5-7-13(12)18-15/h4-7,10,14H,8-9H2,1-3H3,(H,18,19)/t14-/m0/s1. The normalized spacial score (nSPS) is 18.8. The van der Waals surface area contributed by atoms with Crippen LogP contribution in [0.5, 0.6) is 0 Å². The van der Waals surface area contributed by atoms with Gasteiger partial charge in [0.2, 0.25) is 5.91 Å². The summed E-state index contributed by atoms with van der Waals surface area (Å²) in [6, 6.07) is 7.82. The molecule has 1 N–H and O–H groups in total. The van der Waals surface area contributed by atoms with Gasteiger partial charge in [-0.3, -0.25) is 4.79 Å². The molecule has 1 aromatic heterocycles. The van der Waals surface area contributed by atoms with Crippen molar-refractivity contribution in [3.8, 4) is 0 Å². The van der Waals surface area contributed by atoms with Crippen LogP contribution in [0.15, 0.2) is 24.3 Å². The molecule has 2 heterocycles. The van der Waals surface area contributed by atoms with Crippen LogP contribution in [0.25, 0.3) is 11.0 Å². The van der Waals surface area contributed by atoms with E-state index in [0.29, 0.717) is 5.82 Å². The highest BCUT2D eigenvalue weighted by molar-refractivity contribution is 5.87. The van der Waals surface area contributed by atoms with E-state index in [4.69, 9.17) is 0 Å². The van der Waals surface area contributed by atoms with Gasteiger partial charge in [-0.05, 0) is 39.3 Å². The highest BCUT2D eigenvalue weighted by Crippen LogP contribution is 2.21. The van der Waals surface area contributed by atoms with Crippen LogP contribution in [-0.4, -0.2) is 39.4 Å². The number of fused-ring (bicyclic) bond motifs is 1. The molecule has 1 saturated heterocycles. The van der Waals surface area contributed by atoms with Crippen LogP contribution in [0.2, 0.25) is 0 Å². The van der Waals surface area contributed by atoms with Crippen LogP contribution in [0, 0.1) is 6.92 Å². The maximum Gasteiger partial charge on any atom is 0.245 e. The van der Waals surface area contributed by atoms with Gasteiger partial charge in [0.05, 0.1) is 16.7 Å². The van der Waals surface area contributed by atoms with Crippen molar-refractivity contribution in [1.29, 1.82) is 0 Å². The monoisotopic (exact) mass is 284 g/mol. The SMILES string of the molecule is Cc1nc2ccccc2nc1N[C@H]1CCN(C(C)C)C1=O. The maximum atomic E-state index is 12.3. The van der Waals surface area contributed by atoms with E-state index in [1.54, 1.807) is 0 Å². The van der Waals surface area contributed by atoms with Gasteiger partial charge in [0.1, 0.15) is 11.9 Å². The van der Waals surface area contributed by atoms with Crippen LogP contribution >= 0.6 is 0 Å². The number of likely N-dealkylation sites (tertiary alicyclic amines) is 1. The fourth-order valence-corrected chi connectivity index (χ4v) is 2.74. The van der Waals surface area contributed by atoms with Gasteiger partial charge in [0, 0.05) is 12.6 Å². The van der Waals surface area contributed by atoms with Gasteiger partial charge < -0.3 is 10.2 Å². The summed E-state index contributed by atoms with van der Waals surface area (Å²) in [7, 11) is 0. The van der Waals surface area contributed by atoms with Crippen molar-refractivity contribution in [3.63, 3.8) is 0 Å². The van der Waals surface area contributed by atoms with Crippen LogP contribution in [-0.2, 0) is 4.79 Å². The second kappa shape index (κ2) is 5.31. The third kappa shape index (κ3) is 2.55. The maximum absolute atomic E-state index is 12.3. The topological polar surface area (TPSA) is 58.1 Å². The van der Waals surface area contributed by atoms with Gasteiger partial charge in [-0.25, -0.2) is 9.97 Å². The smallest absolute Gasteiger partial charge is 0.245 e. The molecule has 0 radical (unpaired) electrons. The third-order valence-electron chi connectivity index (χ3n) is 3.92. The fraction of sp³-hybridized carbons (Fsp3) is 0.438. The summed E-state index contributed by atoms with van der Waals surface area (Å²) in [5.74, 6) is 0.858. The molecule has 0 aliphatic carbocycles. The second-order valence-electron chi connectivity index (χ2n) is 5.76. The fourth-order valence-electron chi connectivity index (χ4n) is 2.74. The summed E-state index contributed by atoms with van der Waals surface area (Å²) in [6.45, 7) is 6.80. The minimum absolute atomic E-state index is 0.152. The van der Waals surface area contributed by atoms with E-state index in [9.17, 15) is 4.79 Å². The summed E-state index contributed by atoms with van der Waals surface area (Å²) >= 11 is 0. The van der Waals surface area contributed by atoms with E-state index < -0.39 is 0 Å². The molecule has 1 fully saturated rings. The number of amides is 1. The lowest BCUT2D eigenvalue weighted by atomic mass is 10.2. The van der Waals surface area contributed by atoms with Crippen LogP contribution in [0.4, 0.5) is 5.82 Å². The summed E-state index contributed by atoms with van der Waals surface area (Å²) in [5, 5.41) is 3.27. The number of benzene rings is 1. The first-order chi connectivity index (χ1) is 10.1. The number of nitrogens with one attached hydrogen (secondary N) is 1. The van der Waals surface area contributed by atoms with Crippen molar-refractivity contribution in [2.75, 3.05) is 11.9 Å². The number of carbonyl (C=O) groups excluding carboxylic acids is 1. The van der Waals surface area contributed by atoms with E-state index in [0.717, 1.165) is 29.7 Å². The molecule has 1 amide bonds. The van der Waals surface area contributed by atoms with Gasteiger partial charge in [-0.1, -0.05) is 12.1 Å². The molecule has 5 heteroatoms. The Balaban J connectivity index is 1.85. The first-order valence-electron chi connectivity index (χ1n) is 7.36. The average Bonchev–Trinajstić information content (AvgIpc) is 2.81. The molecule has 0 spiro atoms. The van der Waals surface area contributed by atoms with Gasteiger partial charge in [0.25, 0.3) is 0 Å². The summed E-state index contributed by atoms with van der Waals surface area (Å²) < 4.78 is 0. The number of hydrogen-bond acceptors (Lipinski definition) is 4. The predicted molar refractivity (Wildman–Crippen MR) is 83.2 cm³/mol. The van der Waals surface area contributed by atoms with E-state index in [1.807, 2.05) is 49.9 Å². The Hall–Kier alpha value is -2.17. The number of nitrogens with zero attached hydrogens (tertiary/aromatic N) is 3. The Labute approximate surface area is 124 Å². The number of rotatable bonds is 3. The van der Waals surface area contributed by atoms with Crippen molar-refractivity contribution in [2.24, 2.45) is 0 Å². The molecule has 2 aromatic rings. The predicted octanol–water partition coefficient (Wildman–Crippen LogP) is 2.36. The minimum atomic E-state index is -0.193. The summed E-state index contributed by atoms with van der Waals surface area (Å²) in [4.78, 5) is 23.4. The molecular weight excluding hydrogens is 264 g/mol. The Morgan fingerprint density at radius 3 is 2.52 bits per heavy atom. The van der Waals surface area contributed by atoms with Crippen molar-refractivity contribution in [3.05, 3.63) is 30.0 Å². The van der Waals surface area contributed by atoms with Gasteiger partial charge in [-0.2, -0.15) is 0 Å². The molecule has 1 atom stereocenters. The van der Waals surface area contributed by atoms with E-state index >= 15 is 0 Å². The van der Waals surface area contributed by atoms with Crippen LogP contribution in [0.1, 0.15) is 26.0 Å². The second-order valence-corrected chi connectivity index (χ2v) is 5.76. The lowest BCUT2D eigenvalue weighted by Crippen LogP contribution is -2.37. The zero-order chi connectivity index (χ0) is 15.0. The average molecular weight is 284 g/mol. The molecule has 0 saturated carbocycles. The Bertz CT molecular complexity index is 683. The molecule has 0 unspecified atom stereocenters.